The second-order valence-electron chi connectivity index (χ2n) is 16.1. The van der Waals surface area contributed by atoms with E-state index in [0.717, 1.165) is 64.2 Å². The molecule has 0 aromatic rings. The van der Waals surface area contributed by atoms with Gasteiger partial charge in [0, 0.05) is 12.8 Å². The lowest BCUT2D eigenvalue weighted by Gasteiger charge is -2.19. The Morgan fingerprint density at radius 1 is 0.491 bits per heavy atom. The maximum absolute atomic E-state index is 12.4. The minimum Gasteiger partial charge on any atom is -0.466 e. The van der Waals surface area contributed by atoms with Gasteiger partial charge in [-0.2, -0.15) is 0 Å². The maximum Gasteiger partial charge on any atom is 0.305 e. The van der Waals surface area contributed by atoms with Gasteiger partial charge in [-0.1, -0.05) is 197 Å². The number of hydrogen-bond donors (Lipinski definition) is 3. The number of carbonyl (C=O) groups is 2. The molecular formula is C51H91NO5. The molecule has 57 heavy (non-hydrogen) atoms. The average Bonchev–Trinajstić information content (AvgIpc) is 3.21. The summed E-state index contributed by atoms with van der Waals surface area (Å²) in [5.41, 5.74) is 0. The lowest BCUT2D eigenvalue weighted by atomic mass is 10.0. The van der Waals surface area contributed by atoms with Gasteiger partial charge < -0.3 is 20.3 Å². The van der Waals surface area contributed by atoms with E-state index in [2.05, 4.69) is 61.7 Å². The van der Waals surface area contributed by atoms with Crippen molar-refractivity contribution in [1.82, 2.24) is 5.32 Å². The molecule has 0 aliphatic rings. The van der Waals surface area contributed by atoms with Gasteiger partial charge in [0.15, 0.2) is 0 Å². The van der Waals surface area contributed by atoms with Crippen LogP contribution in [0.25, 0.3) is 0 Å². The van der Waals surface area contributed by atoms with E-state index in [1.54, 1.807) is 6.08 Å². The molecule has 2 atom stereocenters. The summed E-state index contributed by atoms with van der Waals surface area (Å²) in [5.74, 6) is -0.187. The van der Waals surface area contributed by atoms with Crippen molar-refractivity contribution in [2.75, 3.05) is 13.2 Å². The molecule has 0 spiro atoms. The zero-order valence-corrected chi connectivity index (χ0v) is 37.3. The number of aliphatic hydroxyl groups excluding tert-OH is 2. The Kier molecular flexibility index (Phi) is 44.3. The summed E-state index contributed by atoms with van der Waals surface area (Å²) in [7, 11) is 0. The molecule has 6 nitrogen and oxygen atoms in total. The second kappa shape index (κ2) is 46.3. The summed E-state index contributed by atoms with van der Waals surface area (Å²) < 4.78 is 5.43. The Balaban J connectivity index is 3.62. The van der Waals surface area contributed by atoms with Crippen LogP contribution in [0.4, 0.5) is 0 Å². The van der Waals surface area contributed by atoms with Crippen molar-refractivity contribution in [2.45, 2.75) is 238 Å². The summed E-state index contributed by atoms with van der Waals surface area (Å²) in [6.07, 6.45) is 57.9. The van der Waals surface area contributed by atoms with Crippen LogP contribution in [0.15, 0.2) is 60.8 Å². The quantitative estimate of drug-likeness (QED) is 0.0324. The van der Waals surface area contributed by atoms with Gasteiger partial charge >= 0.3 is 5.97 Å². The predicted octanol–water partition coefficient (Wildman–Crippen LogP) is 14.1. The first-order valence-corrected chi connectivity index (χ1v) is 24.1. The summed E-state index contributed by atoms with van der Waals surface area (Å²) in [5, 5.41) is 22.9. The number of esters is 1. The smallest absolute Gasteiger partial charge is 0.305 e. The number of aliphatic hydroxyl groups is 2. The third-order valence-corrected chi connectivity index (χ3v) is 10.5. The van der Waals surface area contributed by atoms with E-state index in [1.165, 1.54) is 128 Å². The number of carbonyl (C=O) groups excluding carboxylic acids is 2. The van der Waals surface area contributed by atoms with E-state index >= 15 is 0 Å². The Morgan fingerprint density at radius 3 is 1.42 bits per heavy atom. The normalized spacial score (nSPS) is 13.3. The molecule has 2 unspecified atom stereocenters. The molecule has 0 rings (SSSR count). The Bertz CT molecular complexity index is 1020. The molecule has 0 saturated heterocycles. The van der Waals surface area contributed by atoms with Crippen molar-refractivity contribution >= 4 is 11.9 Å². The van der Waals surface area contributed by atoms with Gasteiger partial charge in [-0.15, -0.1) is 0 Å². The number of hydrogen-bond acceptors (Lipinski definition) is 5. The fourth-order valence-corrected chi connectivity index (χ4v) is 6.76. The molecule has 0 saturated carbocycles. The van der Waals surface area contributed by atoms with Crippen molar-refractivity contribution < 1.29 is 24.5 Å². The minimum absolute atomic E-state index is 0.0346. The van der Waals surface area contributed by atoms with Gasteiger partial charge in [-0.25, -0.2) is 0 Å². The van der Waals surface area contributed by atoms with E-state index in [1.807, 2.05) is 12.2 Å². The Labute approximate surface area is 352 Å². The highest BCUT2D eigenvalue weighted by Gasteiger charge is 2.17. The number of unbranched alkanes of at least 4 members (excludes halogenated alkanes) is 24. The summed E-state index contributed by atoms with van der Waals surface area (Å²) >= 11 is 0. The number of rotatable bonds is 43. The first-order chi connectivity index (χ1) is 28.0. The standard InChI is InChI=1S/C51H91NO5/c1-3-5-7-9-11-13-15-17-21-25-29-33-37-41-45-51(56)57-46-42-38-34-30-26-22-18-20-24-28-32-36-40-44-50(55)52-48(47-53)49(54)43-39-35-31-27-23-19-16-14-12-10-8-6-4-2/h9,11,15,17,20,24,32,36,39,43,48-49,53-54H,3-8,10,12-14,16,18-19,21-23,25-31,33-35,37-38,40-42,44-47H2,1-2H3,(H,52,55)/b11-9-,17-15-,24-20-,36-32-,43-39+. The van der Waals surface area contributed by atoms with Crippen LogP contribution >= 0.6 is 0 Å². The maximum atomic E-state index is 12.4. The molecule has 330 valence electrons. The van der Waals surface area contributed by atoms with Gasteiger partial charge in [-0.05, 0) is 77.0 Å². The van der Waals surface area contributed by atoms with Crippen molar-refractivity contribution in [1.29, 1.82) is 0 Å². The highest BCUT2D eigenvalue weighted by Crippen LogP contribution is 2.13. The molecule has 0 aromatic heterocycles. The molecule has 6 heteroatoms. The van der Waals surface area contributed by atoms with Crippen LogP contribution in [0, 0.1) is 0 Å². The zero-order chi connectivity index (χ0) is 41.5. The van der Waals surface area contributed by atoms with E-state index in [9.17, 15) is 19.8 Å². The van der Waals surface area contributed by atoms with Crippen molar-refractivity contribution in [3.05, 3.63) is 60.8 Å². The fraction of sp³-hybridized carbons (Fsp3) is 0.765. The van der Waals surface area contributed by atoms with Crippen LogP contribution in [0.5, 0.6) is 0 Å². The van der Waals surface area contributed by atoms with Crippen LogP contribution in [0.2, 0.25) is 0 Å². The van der Waals surface area contributed by atoms with Gasteiger partial charge in [0.2, 0.25) is 5.91 Å². The van der Waals surface area contributed by atoms with Crippen LogP contribution in [-0.2, 0) is 14.3 Å². The van der Waals surface area contributed by atoms with Crippen molar-refractivity contribution in [2.24, 2.45) is 0 Å². The second-order valence-corrected chi connectivity index (χ2v) is 16.1. The summed E-state index contributed by atoms with van der Waals surface area (Å²) in [4.78, 5) is 24.3. The lowest BCUT2D eigenvalue weighted by molar-refractivity contribution is -0.143. The van der Waals surface area contributed by atoms with Gasteiger partial charge in [0.1, 0.15) is 0 Å². The minimum atomic E-state index is -0.880. The fourth-order valence-electron chi connectivity index (χ4n) is 6.76. The third kappa shape index (κ3) is 43.0. The first kappa shape index (κ1) is 54.6. The van der Waals surface area contributed by atoms with Crippen molar-refractivity contribution in [3.8, 4) is 0 Å². The topological polar surface area (TPSA) is 95.9 Å². The molecular weight excluding hydrogens is 707 g/mol. The molecule has 1 amide bonds. The number of nitrogens with one attached hydrogen (secondary N) is 1. The van der Waals surface area contributed by atoms with Crippen LogP contribution in [0.1, 0.15) is 226 Å². The lowest BCUT2D eigenvalue weighted by Crippen LogP contribution is -2.45. The van der Waals surface area contributed by atoms with Crippen LogP contribution in [-0.4, -0.2) is 47.4 Å². The highest BCUT2D eigenvalue weighted by molar-refractivity contribution is 5.76. The van der Waals surface area contributed by atoms with Crippen LogP contribution < -0.4 is 5.32 Å². The van der Waals surface area contributed by atoms with Gasteiger partial charge in [0.25, 0.3) is 0 Å². The van der Waals surface area contributed by atoms with Crippen molar-refractivity contribution in [3.63, 3.8) is 0 Å². The van der Waals surface area contributed by atoms with Gasteiger partial charge in [0.05, 0.1) is 25.4 Å². The molecule has 3 N–H and O–H groups in total. The Hall–Kier alpha value is -2.44. The third-order valence-electron chi connectivity index (χ3n) is 10.5. The average molecular weight is 798 g/mol. The van der Waals surface area contributed by atoms with Crippen LogP contribution in [0.3, 0.4) is 0 Å². The highest BCUT2D eigenvalue weighted by atomic mass is 16.5. The van der Waals surface area contributed by atoms with E-state index in [0.29, 0.717) is 25.9 Å². The molecule has 0 radical (unpaired) electrons. The molecule has 0 aromatic carbocycles. The predicted molar refractivity (Wildman–Crippen MR) is 245 cm³/mol. The zero-order valence-electron chi connectivity index (χ0n) is 37.3. The summed E-state index contributed by atoms with van der Waals surface area (Å²) in [6.45, 7) is 4.76. The molecule has 0 heterocycles. The monoisotopic (exact) mass is 798 g/mol. The van der Waals surface area contributed by atoms with E-state index in [4.69, 9.17) is 4.74 Å². The SMILES string of the molecule is CCCC/C=C\C/C=C\CCCCCCCC(=O)OCCCCCCCC/C=C\C/C=C\CCC(=O)NC(CO)C(O)/C=C/CCCCCCCCCCCCC. The number of ether oxygens (including phenoxy) is 1. The first-order valence-electron chi connectivity index (χ1n) is 24.1. The van der Waals surface area contributed by atoms with E-state index < -0.39 is 12.1 Å². The summed E-state index contributed by atoms with van der Waals surface area (Å²) in [6, 6.07) is -0.673. The van der Waals surface area contributed by atoms with Gasteiger partial charge in [-0.3, -0.25) is 9.59 Å². The molecule has 0 fully saturated rings. The largest absolute Gasteiger partial charge is 0.466 e. The molecule has 0 bridgehead atoms. The number of amides is 1. The Morgan fingerprint density at radius 2 is 0.912 bits per heavy atom. The molecule has 0 aliphatic heterocycles. The number of allylic oxidation sites excluding steroid dienone is 9. The molecule has 0 aliphatic carbocycles. The van der Waals surface area contributed by atoms with E-state index in [-0.39, 0.29) is 18.5 Å².